The van der Waals surface area contributed by atoms with Gasteiger partial charge in [-0.2, -0.15) is 0 Å². The summed E-state index contributed by atoms with van der Waals surface area (Å²) in [5, 5.41) is 8.80. The number of para-hydroxylation sites is 1. The average Bonchev–Trinajstić information content (AvgIpc) is 3.45. The summed E-state index contributed by atoms with van der Waals surface area (Å²) in [6.07, 6.45) is 1.63. The number of anilines is 1. The largest absolute Gasteiger partial charge is 0.467 e. The Morgan fingerprint density at radius 1 is 1.03 bits per heavy atom. The fraction of sp³-hybridized carbons (Fsp3) is 0.0870. The molecule has 0 bridgehead atoms. The maximum atomic E-state index is 12.6. The minimum atomic E-state index is -0.304. The fourth-order valence-corrected chi connectivity index (χ4v) is 4.11. The van der Waals surface area contributed by atoms with Crippen LogP contribution < -0.4 is 10.6 Å². The zero-order valence-corrected chi connectivity index (χ0v) is 17.9. The summed E-state index contributed by atoms with van der Waals surface area (Å²) >= 11 is 7.66. The van der Waals surface area contributed by atoms with E-state index >= 15 is 0 Å². The molecule has 2 aromatic heterocycles. The van der Waals surface area contributed by atoms with Gasteiger partial charge in [0.25, 0.3) is 5.91 Å². The summed E-state index contributed by atoms with van der Waals surface area (Å²) < 4.78 is 5.22. The number of hydrogen-bond acceptors (Lipinski definition) is 5. The molecule has 0 saturated carbocycles. The zero-order valence-electron chi connectivity index (χ0n) is 16.3. The molecular weight excluding hydrogens is 434 g/mol. The number of aromatic nitrogens is 1. The van der Waals surface area contributed by atoms with Gasteiger partial charge in [0.15, 0.2) is 0 Å². The number of halogens is 1. The molecule has 6 nitrogen and oxygen atoms in total. The van der Waals surface area contributed by atoms with E-state index < -0.39 is 0 Å². The van der Waals surface area contributed by atoms with E-state index in [4.69, 9.17) is 16.0 Å². The number of hydrogen-bond donors (Lipinski definition) is 2. The van der Waals surface area contributed by atoms with Gasteiger partial charge < -0.3 is 15.1 Å². The summed E-state index contributed by atoms with van der Waals surface area (Å²) in [5.41, 5.74) is 2.28. The van der Waals surface area contributed by atoms with Crippen molar-refractivity contribution in [2.24, 2.45) is 0 Å². The Kier molecular flexibility index (Phi) is 6.45. The molecule has 8 heteroatoms. The lowest BCUT2D eigenvalue weighted by atomic mass is 10.1. The molecule has 0 radical (unpaired) electrons. The molecule has 2 N–H and O–H groups in total. The van der Waals surface area contributed by atoms with Crippen molar-refractivity contribution in [1.29, 1.82) is 0 Å². The molecule has 31 heavy (non-hydrogen) atoms. The third kappa shape index (κ3) is 5.20. The van der Waals surface area contributed by atoms with E-state index in [-0.39, 0.29) is 24.8 Å². The maximum absolute atomic E-state index is 12.6. The van der Waals surface area contributed by atoms with Crippen LogP contribution >= 0.6 is 22.9 Å². The smallest absolute Gasteiger partial charge is 0.253 e. The molecule has 0 aliphatic rings. The Morgan fingerprint density at radius 2 is 1.84 bits per heavy atom. The highest BCUT2D eigenvalue weighted by molar-refractivity contribution is 7.13. The van der Waals surface area contributed by atoms with E-state index in [0.29, 0.717) is 27.7 Å². The number of thiazole rings is 1. The molecular formula is C23H18ClN3O3S. The molecule has 2 aromatic carbocycles. The Labute approximate surface area is 187 Å². The molecule has 0 atom stereocenters. The number of carbonyl (C=O) groups is 2. The summed E-state index contributed by atoms with van der Waals surface area (Å²) in [6.45, 7) is 0.262. The average molecular weight is 452 g/mol. The SMILES string of the molecule is O=C(Cc1csc(-c2ccccc2Cl)n1)Nc1ccccc1C(=O)NCc1ccco1. The van der Waals surface area contributed by atoms with E-state index in [2.05, 4.69) is 15.6 Å². The first-order valence-corrected chi connectivity index (χ1v) is 10.7. The predicted octanol–water partition coefficient (Wildman–Crippen LogP) is 5.17. The van der Waals surface area contributed by atoms with Crippen LogP contribution in [0.15, 0.2) is 76.7 Å². The zero-order chi connectivity index (χ0) is 21.6. The first-order valence-electron chi connectivity index (χ1n) is 9.49. The van der Waals surface area contributed by atoms with Crippen molar-refractivity contribution < 1.29 is 14.0 Å². The summed E-state index contributed by atoms with van der Waals surface area (Å²) in [5.74, 6) is 0.0805. The van der Waals surface area contributed by atoms with Crippen molar-refractivity contribution in [3.05, 3.63) is 94.3 Å². The first kappa shape index (κ1) is 20.8. The molecule has 0 fully saturated rings. The van der Waals surface area contributed by atoms with Gasteiger partial charge in [0, 0.05) is 10.9 Å². The minimum absolute atomic E-state index is 0.0866. The maximum Gasteiger partial charge on any atom is 0.253 e. The van der Waals surface area contributed by atoms with Crippen molar-refractivity contribution in [2.75, 3.05) is 5.32 Å². The monoisotopic (exact) mass is 451 g/mol. The lowest BCUT2D eigenvalue weighted by molar-refractivity contribution is -0.115. The quantitative estimate of drug-likeness (QED) is 0.406. The Morgan fingerprint density at radius 3 is 2.65 bits per heavy atom. The molecule has 2 heterocycles. The van der Waals surface area contributed by atoms with Crippen LogP contribution in [-0.4, -0.2) is 16.8 Å². The molecule has 0 aliphatic carbocycles. The van der Waals surface area contributed by atoms with Crippen molar-refractivity contribution in [2.45, 2.75) is 13.0 Å². The van der Waals surface area contributed by atoms with Crippen LogP contribution in [-0.2, 0) is 17.8 Å². The Balaban J connectivity index is 1.41. The lowest BCUT2D eigenvalue weighted by Crippen LogP contribution is -2.25. The second-order valence-electron chi connectivity index (χ2n) is 6.66. The number of rotatable bonds is 7. The second-order valence-corrected chi connectivity index (χ2v) is 7.92. The van der Waals surface area contributed by atoms with E-state index in [1.807, 2.05) is 23.6 Å². The van der Waals surface area contributed by atoms with Gasteiger partial charge >= 0.3 is 0 Å². The molecule has 0 saturated heterocycles. The third-order valence-corrected chi connectivity index (χ3v) is 5.70. The molecule has 0 unspecified atom stereocenters. The molecule has 2 amide bonds. The predicted molar refractivity (Wildman–Crippen MR) is 121 cm³/mol. The normalized spacial score (nSPS) is 10.6. The number of nitrogens with zero attached hydrogens (tertiary/aromatic N) is 1. The highest BCUT2D eigenvalue weighted by atomic mass is 35.5. The number of nitrogens with one attached hydrogen (secondary N) is 2. The first-order chi connectivity index (χ1) is 15.1. The van der Waals surface area contributed by atoms with E-state index in [1.165, 1.54) is 11.3 Å². The van der Waals surface area contributed by atoms with E-state index in [0.717, 1.165) is 10.6 Å². The molecule has 4 aromatic rings. The minimum Gasteiger partial charge on any atom is -0.467 e. The number of amides is 2. The van der Waals surface area contributed by atoms with Crippen LogP contribution in [0.1, 0.15) is 21.8 Å². The van der Waals surface area contributed by atoms with Gasteiger partial charge in [-0.05, 0) is 30.3 Å². The van der Waals surface area contributed by atoms with Crippen LogP contribution in [0.25, 0.3) is 10.6 Å². The molecule has 156 valence electrons. The summed E-state index contributed by atoms with van der Waals surface area (Å²) in [7, 11) is 0. The lowest BCUT2D eigenvalue weighted by Gasteiger charge is -2.10. The van der Waals surface area contributed by atoms with Gasteiger partial charge in [0.1, 0.15) is 10.8 Å². The van der Waals surface area contributed by atoms with E-state index in [9.17, 15) is 9.59 Å². The van der Waals surface area contributed by atoms with Gasteiger partial charge in [-0.1, -0.05) is 41.9 Å². The summed E-state index contributed by atoms with van der Waals surface area (Å²) in [6, 6.07) is 17.8. The number of carbonyl (C=O) groups excluding carboxylic acids is 2. The number of furan rings is 1. The topological polar surface area (TPSA) is 84.2 Å². The van der Waals surface area contributed by atoms with Gasteiger partial charge in [-0.25, -0.2) is 4.98 Å². The van der Waals surface area contributed by atoms with E-state index in [1.54, 1.807) is 48.7 Å². The highest BCUT2D eigenvalue weighted by Gasteiger charge is 2.15. The third-order valence-electron chi connectivity index (χ3n) is 4.45. The summed E-state index contributed by atoms with van der Waals surface area (Å²) in [4.78, 5) is 29.7. The van der Waals surface area contributed by atoms with Crippen LogP contribution in [0.5, 0.6) is 0 Å². The van der Waals surface area contributed by atoms with Crippen molar-refractivity contribution in [3.63, 3.8) is 0 Å². The van der Waals surface area contributed by atoms with Gasteiger partial charge in [0.05, 0.1) is 41.2 Å². The van der Waals surface area contributed by atoms with Crippen LogP contribution in [0.4, 0.5) is 5.69 Å². The Hall–Kier alpha value is -3.42. The van der Waals surface area contributed by atoms with Crippen molar-refractivity contribution in [3.8, 4) is 10.6 Å². The highest BCUT2D eigenvalue weighted by Crippen LogP contribution is 2.30. The number of benzene rings is 2. The Bertz CT molecular complexity index is 1200. The van der Waals surface area contributed by atoms with Crippen LogP contribution in [0.3, 0.4) is 0 Å². The molecule has 0 aliphatic heterocycles. The van der Waals surface area contributed by atoms with Gasteiger partial charge in [0.2, 0.25) is 5.91 Å². The second kappa shape index (κ2) is 9.59. The standard InChI is InChI=1S/C23H18ClN3O3S/c24-19-9-3-1-7-17(19)23-26-15(14-31-23)12-21(28)27-20-10-4-2-8-18(20)22(29)25-13-16-6-5-11-30-16/h1-11,14H,12-13H2,(H,25,29)(H,27,28). The van der Waals surface area contributed by atoms with Gasteiger partial charge in [-0.15, -0.1) is 11.3 Å². The van der Waals surface area contributed by atoms with Gasteiger partial charge in [-0.3, -0.25) is 9.59 Å². The molecule has 4 rings (SSSR count). The fourth-order valence-electron chi connectivity index (χ4n) is 2.97. The van der Waals surface area contributed by atoms with Crippen LogP contribution in [0, 0.1) is 0 Å². The van der Waals surface area contributed by atoms with Crippen molar-refractivity contribution >= 4 is 40.4 Å². The molecule has 0 spiro atoms. The van der Waals surface area contributed by atoms with Crippen LogP contribution in [0.2, 0.25) is 5.02 Å². The van der Waals surface area contributed by atoms with Crippen molar-refractivity contribution in [1.82, 2.24) is 10.3 Å².